The molecule has 0 spiro atoms. The highest BCUT2D eigenvalue weighted by molar-refractivity contribution is 14.0. The summed E-state index contributed by atoms with van der Waals surface area (Å²) in [6.07, 6.45) is 7.93. The van der Waals surface area contributed by atoms with E-state index >= 15 is 0 Å². The third-order valence-electron chi connectivity index (χ3n) is 5.49. The molecule has 0 saturated heterocycles. The van der Waals surface area contributed by atoms with Crippen LogP contribution in [-0.4, -0.2) is 44.4 Å². The molecule has 1 aromatic heterocycles. The van der Waals surface area contributed by atoms with E-state index in [0.717, 1.165) is 37.5 Å². The Hall–Kier alpha value is -1.09. The van der Waals surface area contributed by atoms with Crippen molar-refractivity contribution in [3.8, 4) is 5.88 Å². The zero-order valence-corrected chi connectivity index (χ0v) is 21.0. The number of aliphatic imine (C=N–C) groups is 1. The van der Waals surface area contributed by atoms with Gasteiger partial charge in [0.05, 0.1) is 6.10 Å². The largest absolute Gasteiger partial charge is 0.475 e. The van der Waals surface area contributed by atoms with Gasteiger partial charge in [-0.25, -0.2) is 4.98 Å². The number of rotatable bonds is 11. The minimum Gasteiger partial charge on any atom is -0.475 e. The minimum atomic E-state index is 0. The van der Waals surface area contributed by atoms with Crippen molar-refractivity contribution in [3.63, 3.8) is 0 Å². The van der Waals surface area contributed by atoms with Crippen molar-refractivity contribution < 1.29 is 9.47 Å². The van der Waals surface area contributed by atoms with Gasteiger partial charge in [-0.05, 0) is 55.6 Å². The van der Waals surface area contributed by atoms with Gasteiger partial charge in [-0.15, -0.1) is 24.0 Å². The fourth-order valence-electron chi connectivity index (χ4n) is 3.73. The van der Waals surface area contributed by atoms with Gasteiger partial charge in [-0.1, -0.05) is 20.3 Å². The van der Waals surface area contributed by atoms with Crippen molar-refractivity contribution in [1.29, 1.82) is 0 Å². The van der Waals surface area contributed by atoms with Crippen LogP contribution in [0.2, 0.25) is 0 Å². The molecular weight excluding hydrogens is 479 g/mol. The van der Waals surface area contributed by atoms with Crippen molar-refractivity contribution in [2.45, 2.75) is 65.5 Å². The first-order valence-corrected chi connectivity index (χ1v) is 10.5. The van der Waals surface area contributed by atoms with Gasteiger partial charge < -0.3 is 20.1 Å². The lowest BCUT2D eigenvalue weighted by Crippen LogP contribution is -2.46. The van der Waals surface area contributed by atoms with Crippen LogP contribution in [-0.2, 0) is 11.3 Å². The maximum Gasteiger partial charge on any atom is 0.213 e. The van der Waals surface area contributed by atoms with Crippen LogP contribution in [0.15, 0.2) is 23.3 Å². The van der Waals surface area contributed by atoms with Gasteiger partial charge >= 0.3 is 0 Å². The highest BCUT2D eigenvalue weighted by atomic mass is 127. The van der Waals surface area contributed by atoms with Gasteiger partial charge in [0.25, 0.3) is 0 Å². The van der Waals surface area contributed by atoms with E-state index in [0.29, 0.717) is 23.8 Å². The first-order valence-electron chi connectivity index (χ1n) is 10.5. The number of nitrogens with one attached hydrogen (secondary N) is 2. The van der Waals surface area contributed by atoms with Crippen LogP contribution in [0.3, 0.4) is 0 Å². The Kier molecular flexibility index (Phi) is 11.9. The first-order chi connectivity index (χ1) is 13.5. The Morgan fingerprint density at radius 3 is 2.62 bits per heavy atom. The second kappa shape index (κ2) is 13.3. The lowest BCUT2D eigenvalue weighted by atomic mass is 9.67. The summed E-state index contributed by atoms with van der Waals surface area (Å²) >= 11 is 0. The fraction of sp³-hybridized carbons (Fsp3) is 0.727. The molecule has 0 amide bonds. The highest BCUT2D eigenvalue weighted by Gasteiger charge is 2.36. The molecule has 1 heterocycles. The molecule has 1 aliphatic carbocycles. The number of nitrogens with zero attached hydrogens (tertiary/aromatic N) is 2. The van der Waals surface area contributed by atoms with E-state index < -0.39 is 0 Å². The molecule has 1 saturated carbocycles. The summed E-state index contributed by atoms with van der Waals surface area (Å²) in [5.74, 6) is 2.12. The van der Waals surface area contributed by atoms with Gasteiger partial charge in [0, 0.05) is 46.1 Å². The van der Waals surface area contributed by atoms with E-state index in [1.54, 1.807) is 13.3 Å². The maximum atomic E-state index is 5.95. The number of ether oxygens (including phenoxy) is 2. The predicted octanol–water partition coefficient (Wildman–Crippen LogP) is 4.38. The number of guanidine groups is 1. The van der Waals surface area contributed by atoms with Crippen LogP contribution in [0.1, 0.15) is 58.4 Å². The standard InChI is InChI=1S/C22H38N4O2.HI/c1-17(2)13-18(3)28-20-14-19(7-11-24-20)15-25-21(23-4)26-16-22(8-6-9-22)10-12-27-5;/h7,11,14,17-18H,6,8-10,12-13,15-16H2,1-5H3,(H2,23,25,26);1H. The van der Waals surface area contributed by atoms with Crippen LogP contribution in [0.4, 0.5) is 0 Å². The average molecular weight is 518 g/mol. The number of hydrogen-bond donors (Lipinski definition) is 2. The van der Waals surface area contributed by atoms with Gasteiger partial charge in [0.2, 0.25) is 5.88 Å². The van der Waals surface area contributed by atoms with E-state index in [1.165, 1.54) is 19.3 Å². The number of aromatic nitrogens is 1. The molecule has 1 atom stereocenters. The minimum absolute atomic E-state index is 0. The first kappa shape index (κ1) is 25.9. The van der Waals surface area contributed by atoms with Crippen LogP contribution >= 0.6 is 24.0 Å². The van der Waals surface area contributed by atoms with Gasteiger partial charge in [-0.3, -0.25) is 4.99 Å². The topological polar surface area (TPSA) is 67.8 Å². The molecule has 1 aliphatic rings. The van der Waals surface area contributed by atoms with E-state index in [4.69, 9.17) is 9.47 Å². The monoisotopic (exact) mass is 518 g/mol. The Labute approximate surface area is 193 Å². The van der Waals surface area contributed by atoms with Crippen molar-refractivity contribution in [1.82, 2.24) is 15.6 Å². The third-order valence-corrected chi connectivity index (χ3v) is 5.49. The Morgan fingerprint density at radius 1 is 1.28 bits per heavy atom. The third kappa shape index (κ3) is 9.07. The van der Waals surface area contributed by atoms with E-state index in [9.17, 15) is 0 Å². The van der Waals surface area contributed by atoms with Crippen molar-refractivity contribution >= 4 is 29.9 Å². The predicted molar refractivity (Wildman–Crippen MR) is 130 cm³/mol. The number of hydrogen-bond acceptors (Lipinski definition) is 4. The normalized spacial score (nSPS) is 16.6. The summed E-state index contributed by atoms with van der Waals surface area (Å²) < 4.78 is 11.2. The summed E-state index contributed by atoms with van der Waals surface area (Å²) in [5.41, 5.74) is 1.49. The SMILES string of the molecule is CN=C(NCc1ccnc(OC(C)CC(C)C)c1)NCC1(CCOC)CCC1.I. The van der Waals surface area contributed by atoms with E-state index in [2.05, 4.69) is 41.4 Å². The van der Waals surface area contributed by atoms with Crippen LogP contribution in [0, 0.1) is 11.3 Å². The molecule has 2 rings (SSSR count). The molecule has 166 valence electrons. The zero-order chi connectivity index (χ0) is 20.4. The van der Waals surface area contributed by atoms with Crippen LogP contribution < -0.4 is 15.4 Å². The quantitative estimate of drug-likeness (QED) is 0.259. The second-order valence-corrected chi connectivity index (χ2v) is 8.44. The summed E-state index contributed by atoms with van der Waals surface area (Å²) in [7, 11) is 3.59. The van der Waals surface area contributed by atoms with E-state index in [1.807, 2.05) is 19.2 Å². The summed E-state index contributed by atoms with van der Waals surface area (Å²) in [5, 5.41) is 6.90. The Balaban J connectivity index is 0.00000420. The number of halogens is 1. The van der Waals surface area contributed by atoms with Crippen molar-refractivity contribution in [3.05, 3.63) is 23.9 Å². The average Bonchev–Trinajstić information content (AvgIpc) is 2.62. The fourth-order valence-corrected chi connectivity index (χ4v) is 3.73. The van der Waals surface area contributed by atoms with Crippen LogP contribution in [0.5, 0.6) is 5.88 Å². The summed E-state index contributed by atoms with van der Waals surface area (Å²) in [4.78, 5) is 8.71. The molecule has 0 bridgehead atoms. The second-order valence-electron chi connectivity index (χ2n) is 8.44. The molecule has 1 aromatic rings. The molecule has 0 aliphatic heterocycles. The molecule has 1 fully saturated rings. The zero-order valence-electron chi connectivity index (χ0n) is 18.7. The lowest BCUT2D eigenvalue weighted by Gasteiger charge is -2.42. The molecule has 2 N–H and O–H groups in total. The molecule has 7 heteroatoms. The molecule has 6 nitrogen and oxygen atoms in total. The number of methoxy groups -OCH3 is 1. The van der Waals surface area contributed by atoms with Crippen molar-refractivity contribution in [2.75, 3.05) is 27.3 Å². The smallest absolute Gasteiger partial charge is 0.213 e. The molecule has 29 heavy (non-hydrogen) atoms. The summed E-state index contributed by atoms with van der Waals surface area (Å²) in [6, 6.07) is 4.01. The lowest BCUT2D eigenvalue weighted by molar-refractivity contribution is 0.0732. The van der Waals surface area contributed by atoms with Gasteiger partial charge in [0.1, 0.15) is 0 Å². The Morgan fingerprint density at radius 2 is 2.03 bits per heavy atom. The van der Waals surface area contributed by atoms with E-state index in [-0.39, 0.29) is 30.1 Å². The molecule has 0 aromatic carbocycles. The molecular formula is C22H39IN4O2. The number of pyridine rings is 1. The highest BCUT2D eigenvalue weighted by Crippen LogP contribution is 2.43. The van der Waals surface area contributed by atoms with Crippen molar-refractivity contribution in [2.24, 2.45) is 16.3 Å². The van der Waals surface area contributed by atoms with Gasteiger partial charge in [-0.2, -0.15) is 0 Å². The molecule has 0 radical (unpaired) electrons. The molecule has 1 unspecified atom stereocenters. The maximum absolute atomic E-state index is 5.95. The van der Waals surface area contributed by atoms with Crippen LogP contribution in [0.25, 0.3) is 0 Å². The Bertz CT molecular complexity index is 621. The summed E-state index contributed by atoms with van der Waals surface area (Å²) in [6.45, 7) is 8.95. The van der Waals surface area contributed by atoms with Gasteiger partial charge in [0.15, 0.2) is 5.96 Å².